The average molecular weight is 336 g/mol. The first-order valence-electron chi connectivity index (χ1n) is 8.59. The number of amides is 1. The highest BCUT2D eigenvalue weighted by molar-refractivity contribution is 6.10. The highest BCUT2D eigenvalue weighted by Crippen LogP contribution is 2.38. The number of rotatable bonds is 3. The van der Waals surface area contributed by atoms with Gasteiger partial charge in [-0.15, -0.1) is 0 Å². The number of carbonyl (C=O) groups excluding carboxylic acids is 1. The lowest BCUT2D eigenvalue weighted by atomic mass is 10.0. The lowest BCUT2D eigenvalue weighted by Crippen LogP contribution is -2.42. The Kier molecular flexibility index (Phi) is 4.53. The monoisotopic (exact) mass is 336 g/mol. The topological polar surface area (TPSA) is 55.6 Å². The van der Waals surface area contributed by atoms with Crippen LogP contribution in [0.5, 0.6) is 5.75 Å². The molecule has 1 aliphatic rings. The Morgan fingerprint density at radius 2 is 1.72 bits per heavy atom. The third-order valence-corrected chi connectivity index (χ3v) is 4.31. The van der Waals surface area contributed by atoms with E-state index in [9.17, 15) is 4.79 Å². The lowest BCUT2D eigenvalue weighted by Gasteiger charge is -2.33. The van der Waals surface area contributed by atoms with E-state index in [2.05, 4.69) is 26.0 Å². The molecule has 2 N–H and O–H groups in total. The molecule has 130 valence electrons. The number of hydrogen-bond acceptors (Lipinski definition) is 3. The van der Waals surface area contributed by atoms with Crippen LogP contribution in [0.3, 0.4) is 0 Å². The molecule has 2 aromatic carbocycles. The van der Waals surface area contributed by atoms with E-state index < -0.39 is 0 Å². The predicted octanol–water partition coefficient (Wildman–Crippen LogP) is 4.57. The van der Waals surface area contributed by atoms with Gasteiger partial charge in [0.05, 0.1) is 5.69 Å². The van der Waals surface area contributed by atoms with Gasteiger partial charge in [-0.2, -0.15) is 0 Å². The van der Waals surface area contributed by atoms with E-state index in [1.165, 1.54) is 5.56 Å². The number of carbonyl (C=O) groups is 1. The highest BCUT2D eigenvalue weighted by Gasteiger charge is 2.32. The molecule has 0 bridgehead atoms. The zero-order valence-corrected chi connectivity index (χ0v) is 15.1. The summed E-state index contributed by atoms with van der Waals surface area (Å²) in [6.07, 6.45) is 1.79. The molecule has 2 aromatic rings. The summed E-state index contributed by atoms with van der Waals surface area (Å²) in [6.45, 7) is 8.28. The Bertz CT molecular complexity index is 820. The van der Waals surface area contributed by atoms with Crippen LogP contribution in [0, 0.1) is 0 Å². The van der Waals surface area contributed by atoms with Gasteiger partial charge in [0.15, 0.2) is 11.5 Å². The summed E-state index contributed by atoms with van der Waals surface area (Å²) < 4.78 is 5.88. The second kappa shape index (κ2) is 6.63. The van der Waals surface area contributed by atoms with Crippen LogP contribution >= 0.6 is 0 Å². The van der Waals surface area contributed by atoms with Gasteiger partial charge in [-0.1, -0.05) is 38.1 Å². The van der Waals surface area contributed by atoms with Gasteiger partial charge in [-0.3, -0.25) is 9.69 Å². The summed E-state index contributed by atoms with van der Waals surface area (Å²) >= 11 is 0. The molecule has 0 aromatic heterocycles. The molecule has 0 saturated carbocycles. The Balaban J connectivity index is 2.00. The largest absolute Gasteiger partial charge is 0.449 e. The third-order valence-electron chi connectivity index (χ3n) is 4.31. The molecule has 1 aliphatic heterocycles. The van der Waals surface area contributed by atoms with Gasteiger partial charge in [0.25, 0.3) is 5.91 Å². The first-order valence-corrected chi connectivity index (χ1v) is 8.59. The van der Waals surface area contributed by atoms with Gasteiger partial charge < -0.3 is 10.5 Å². The van der Waals surface area contributed by atoms with Crippen LogP contribution in [0.15, 0.2) is 48.2 Å². The predicted molar refractivity (Wildman–Crippen MR) is 103 cm³/mol. The lowest BCUT2D eigenvalue weighted by molar-refractivity contribution is -0.117. The molecule has 0 fully saturated rings. The van der Waals surface area contributed by atoms with E-state index >= 15 is 0 Å². The SMILES string of the molecule is CC(C)c1ccc(/C=C2/Oc3cc(N)ccc3N(C(C)C)C2=O)cc1. The van der Waals surface area contributed by atoms with Gasteiger partial charge in [-0.05, 0) is 49.1 Å². The molecular weight excluding hydrogens is 312 g/mol. The second-order valence-electron chi connectivity index (χ2n) is 6.93. The number of fused-ring (bicyclic) bond motifs is 1. The molecule has 0 spiro atoms. The number of ether oxygens (including phenoxy) is 1. The molecule has 0 aliphatic carbocycles. The van der Waals surface area contributed by atoms with Crippen molar-refractivity contribution in [3.63, 3.8) is 0 Å². The fraction of sp³-hybridized carbons (Fsp3) is 0.286. The minimum Gasteiger partial charge on any atom is -0.449 e. The smallest absolute Gasteiger partial charge is 0.294 e. The summed E-state index contributed by atoms with van der Waals surface area (Å²) in [6, 6.07) is 13.6. The van der Waals surface area contributed by atoms with E-state index in [0.29, 0.717) is 23.1 Å². The summed E-state index contributed by atoms with van der Waals surface area (Å²) in [4.78, 5) is 14.6. The van der Waals surface area contributed by atoms with Crippen molar-refractivity contribution in [2.45, 2.75) is 39.7 Å². The maximum atomic E-state index is 12.9. The normalized spacial score (nSPS) is 15.7. The van der Waals surface area contributed by atoms with E-state index in [1.54, 1.807) is 23.1 Å². The van der Waals surface area contributed by atoms with E-state index in [0.717, 1.165) is 11.3 Å². The van der Waals surface area contributed by atoms with Crippen molar-refractivity contribution in [3.05, 3.63) is 59.4 Å². The van der Waals surface area contributed by atoms with E-state index in [4.69, 9.17) is 10.5 Å². The summed E-state index contributed by atoms with van der Waals surface area (Å²) in [5, 5.41) is 0. The number of hydrogen-bond donors (Lipinski definition) is 1. The van der Waals surface area contributed by atoms with Crippen molar-refractivity contribution in [2.75, 3.05) is 10.6 Å². The quantitative estimate of drug-likeness (QED) is 0.660. The van der Waals surface area contributed by atoms with Gasteiger partial charge >= 0.3 is 0 Å². The fourth-order valence-electron chi connectivity index (χ4n) is 2.93. The first-order chi connectivity index (χ1) is 11.9. The molecule has 25 heavy (non-hydrogen) atoms. The Hall–Kier alpha value is -2.75. The second-order valence-corrected chi connectivity index (χ2v) is 6.93. The number of anilines is 2. The van der Waals surface area contributed by atoms with Gasteiger partial charge in [0, 0.05) is 17.8 Å². The zero-order chi connectivity index (χ0) is 18.1. The molecule has 0 unspecified atom stereocenters. The highest BCUT2D eigenvalue weighted by atomic mass is 16.5. The van der Waals surface area contributed by atoms with Crippen molar-refractivity contribution in [2.24, 2.45) is 0 Å². The molecule has 4 heteroatoms. The van der Waals surface area contributed by atoms with Crippen LogP contribution in [0.25, 0.3) is 6.08 Å². The van der Waals surface area contributed by atoms with Crippen molar-refractivity contribution in [1.29, 1.82) is 0 Å². The van der Waals surface area contributed by atoms with E-state index in [1.807, 2.05) is 32.0 Å². The third kappa shape index (κ3) is 3.38. The Morgan fingerprint density at radius 3 is 2.32 bits per heavy atom. The molecule has 0 atom stereocenters. The Labute approximate surface area is 148 Å². The number of nitrogens with two attached hydrogens (primary N) is 1. The molecule has 0 saturated heterocycles. The molecule has 3 rings (SSSR count). The van der Waals surface area contributed by atoms with Gasteiger partial charge in [0.1, 0.15) is 0 Å². The fourth-order valence-corrected chi connectivity index (χ4v) is 2.93. The maximum Gasteiger partial charge on any atom is 0.294 e. The molecule has 1 heterocycles. The average Bonchev–Trinajstić information content (AvgIpc) is 2.56. The summed E-state index contributed by atoms with van der Waals surface area (Å²) in [7, 11) is 0. The number of benzene rings is 2. The van der Waals surface area contributed by atoms with Crippen molar-refractivity contribution >= 4 is 23.4 Å². The van der Waals surface area contributed by atoms with Crippen LogP contribution in [0.4, 0.5) is 11.4 Å². The zero-order valence-electron chi connectivity index (χ0n) is 15.1. The van der Waals surface area contributed by atoms with Crippen molar-refractivity contribution < 1.29 is 9.53 Å². The molecule has 0 radical (unpaired) electrons. The standard InChI is InChI=1S/C21H24N2O2/c1-13(2)16-7-5-15(6-8-16)11-20-21(24)23(14(3)4)18-10-9-17(22)12-19(18)25-20/h5-14H,22H2,1-4H3/b20-11+. The molecule has 4 nitrogen and oxygen atoms in total. The summed E-state index contributed by atoms with van der Waals surface area (Å²) in [5.41, 5.74) is 9.44. The number of nitrogen functional groups attached to an aromatic ring is 1. The van der Waals surface area contributed by atoms with Crippen LogP contribution < -0.4 is 15.4 Å². The van der Waals surface area contributed by atoms with Crippen molar-refractivity contribution in [3.8, 4) is 5.75 Å². The number of nitrogens with zero attached hydrogens (tertiary/aromatic N) is 1. The van der Waals surface area contributed by atoms with Crippen molar-refractivity contribution in [1.82, 2.24) is 0 Å². The van der Waals surface area contributed by atoms with Gasteiger partial charge in [-0.25, -0.2) is 0 Å². The van der Waals surface area contributed by atoms with Crippen LogP contribution in [-0.2, 0) is 4.79 Å². The summed E-state index contributed by atoms with van der Waals surface area (Å²) in [5.74, 6) is 1.25. The molecule has 1 amide bonds. The molecular formula is C21H24N2O2. The minimum atomic E-state index is -0.139. The van der Waals surface area contributed by atoms with Crippen LogP contribution in [-0.4, -0.2) is 11.9 Å². The minimum absolute atomic E-state index is 0.0190. The van der Waals surface area contributed by atoms with Crippen LogP contribution in [0.2, 0.25) is 0 Å². The van der Waals surface area contributed by atoms with Crippen LogP contribution in [0.1, 0.15) is 44.7 Å². The maximum absolute atomic E-state index is 12.9. The van der Waals surface area contributed by atoms with Gasteiger partial charge in [0.2, 0.25) is 0 Å². The van der Waals surface area contributed by atoms with E-state index in [-0.39, 0.29) is 11.9 Å². The Morgan fingerprint density at radius 1 is 1.04 bits per heavy atom. The first kappa shape index (κ1) is 17.1.